The van der Waals surface area contributed by atoms with E-state index in [1.54, 1.807) is 11.9 Å². The van der Waals surface area contributed by atoms with E-state index >= 15 is 0 Å². The molecule has 4 nitrogen and oxygen atoms in total. The highest BCUT2D eigenvalue weighted by molar-refractivity contribution is 6.04. The maximum atomic E-state index is 12.3. The molecule has 0 saturated carbocycles. The number of aryl methyl sites for hydroxylation is 1. The Hall–Kier alpha value is -1.86. The molecular weight excluding hydrogens is 226 g/mol. The van der Waals surface area contributed by atoms with Gasteiger partial charge in [0.25, 0.3) is 0 Å². The fourth-order valence-electron chi connectivity index (χ4n) is 2.38. The summed E-state index contributed by atoms with van der Waals surface area (Å²) in [7, 11) is 1.80. The quantitative estimate of drug-likeness (QED) is 0.822. The van der Waals surface area contributed by atoms with Gasteiger partial charge in [-0.1, -0.05) is 17.7 Å². The zero-order valence-corrected chi connectivity index (χ0v) is 10.7. The largest absolute Gasteiger partial charge is 0.310 e. The Morgan fingerprint density at radius 3 is 2.94 bits per heavy atom. The lowest BCUT2D eigenvalue weighted by molar-refractivity contribution is -0.119. The van der Waals surface area contributed by atoms with E-state index in [4.69, 9.17) is 5.26 Å². The van der Waals surface area contributed by atoms with Gasteiger partial charge in [0, 0.05) is 24.2 Å². The summed E-state index contributed by atoms with van der Waals surface area (Å²) >= 11 is 0. The number of amides is 1. The average Bonchev–Trinajstić information content (AvgIpc) is 2.61. The van der Waals surface area contributed by atoms with Crippen LogP contribution in [0, 0.1) is 18.3 Å². The van der Waals surface area contributed by atoms with Crippen LogP contribution < -0.4 is 10.2 Å². The molecule has 1 aromatic rings. The summed E-state index contributed by atoms with van der Waals surface area (Å²) in [6, 6.07) is 7.92. The Bertz CT molecular complexity index is 504. The molecule has 1 amide bonds. The zero-order valence-electron chi connectivity index (χ0n) is 10.7. The summed E-state index contributed by atoms with van der Waals surface area (Å²) in [5.74, 6) is 0.0797. The Kier molecular flexibility index (Phi) is 3.63. The Morgan fingerprint density at radius 1 is 1.50 bits per heavy atom. The second kappa shape index (κ2) is 5.19. The minimum atomic E-state index is -0.248. The number of benzene rings is 1. The molecule has 1 unspecified atom stereocenters. The van der Waals surface area contributed by atoms with Crippen LogP contribution in [-0.2, 0) is 4.79 Å². The number of anilines is 1. The SMILES string of the molecule is CNC1C(=O)N(CCCC#N)c2ccc(C)cc21. The molecule has 1 aromatic carbocycles. The Morgan fingerprint density at radius 2 is 2.28 bits per heavy atom. The number of likely N-dealkylation sites (N-methyl/N-ethyl adjacent to an activating group) is 1. The number of nitrogens with zero attached hydrogens (tertiary/aromatic N) is 2. The summed E-state index contributed by atoms with van der Waals surface area (Å²) in [4.78, 5) is 14.1. The number of nitriles is 1. The third-order valence-corrected chi connectivity index (χ3v) is 3.26. The van der Waals surface area contributed by atoms with Crippen LogP contribution in [0.5, 0.6) is 0 Å². The summed E-state index contributed by atoms with van der Waals surface area (Å²) in [6.07, 6.45) is 1.20. The predicted octanol–water partition coefficient (Wildman–Crippen LogP) is 1.91. The fraction of sp³-hybridized carbons (Fsp3) is 0.429. The standard InChI is InChI=1S/C14H17N3O/c1-10-5-6-12-11(9-10)13(16-2)14(18)17(12)8-4-3-7-15/h5-6,9,13,16H,3-4,8H2,1-2H3. The third-order valence-electron chi connectivity index (χ3n) is 3.26. The number of nitrogens with one attached hydrogen (secondary N) is 1. The van der Waals surface area contributed by atoms with Crippen molar-refractivity contribution in [3.63, 3.8) is 0 Å². The highest BCUT2D eigenvalue weighted by Gasteiger charge is 2.35. The first-order chi connectivity index (χ1) is 8.69. The smallest absolute Gasteiger partial charge is 0.248 e. The lowest BCUT2D eigenvalue weighted by Crippen LogP contribution is -2.33. The van der Waals surface area contributed by atoms with Crippen molar-refractivity contribution in [3.05, 3.63) is 29.3 Å². The molecule has 0 bridgehead atoms. The molecule has 0 aromatic heterocycles. The van der Waals surface area contributed by atoms with Crippen molar-refractivity contribution in [3.8, 4) is 6.07 Å². The molecule has 1 aliphatic rings. The van der Waals surface area contributed by atoms with Gasteiger partial charge in [0.15, 0.2) is 0 Å². The van der Waals surface area contributed by atoms with Crippen molar-refractivity contribution in [2.45, 2.75) is 25.8 Å². The molecule has 0 radical (unpaired) electrons. The van der Waals surface area contributed by atoms with Gasteiger partial charge in [0.1, 0.15) is 6.04 Å². The average molecular weight is 243 g/mol. The predicted molar refractivity (Wildman–Crippen MR) is 70.2 cm³/mol. The van der Waals surface area contributed by atoms with Crippen LogP contribution in [0.1, 0.15) is 30.0 Å². The van der Waals surface area contributed by atoms with Crippen LogP contribution in [0.15, 0.2) is 18.2 Å². The summed E-state index contributed by atoms with van der Waals surface area (Å²) in [5.41, 5.74) is 3.17. The number of carbonyl (C=O) groups is 1. The van der Waals surface area contributed by atoms with E-state index in [0.29, 0.717) is 19.4 Å². The number of fused-ring (bicyclic) bond motifs is 1. The van der Waals surface area contributed by atoms with E-state index in [2.05, 4.69) is 17.5 Å². The second-order valence-corrected chi connectivity index (χ2v) is 4.54. The van der Waals surface area contributed by atoms with Crippen LogP contribution in [0.3, 0.4) is 0 Å². The van der Waals surface area contributed by atoms with Crippen LogP contribution in [0.25, 0.3) is 0 Å². The lowest BCUT2D eigenvalue weighted by Gasteiger charge is -2.17. The van der Waals surface area contributed by atoms with Gasteiger partial charge in [-0.3, -0.25) is 4.79 Å². The molecule has 0 saturated heterocycles. The molecule has 0 spiro atoms. The minimum Gasteiger partial charge on any atom is -0.310 e. The van der Waals surface area contributed by atoms with Crippen LogP contribution in [-0.4, -0.2) is 19.5 Å². The molecule has 1 aliphatic heterocycles. The fourth-order valence-corrected chi connectivity index (χ4v) is 2.38. The van der Waals surface area contributed by atoms with Crippen molar-refractivity contribution in [2.24, 2.45) is 0 Å². The van der Waals surface area contributed by atoms with Gasteiger partial charge < -0.3 is 10.2 Å². The van der Waals surface area contributed by atoms with Crippen molar-refractivity contribution in [1.82, 2.24) is 5.32 Å². The van der Waals surface area contributed by atoms with Gasteiger partial charge in [-0.15, -0.1) is 0 Å². The van der Waals surface area contributed by atoms with E-state index in [1.165, 1.54) is 0 Å². The molecule has 1 heterocycles. The monoisotopic (exact) mass is 243 g/mol. The van der Waals surface area contributed by atoms with Crippen molar-refractivity contribution in [2.75, 3.05) is 18.5 Å². The van der Waals surface area contributed by atoms with Crippen LogP contribution in [0.2, 0.25) is 0 Å². The summed E-state index contributed by atoms with van der Waals surface area (Å²) < 4.78 is 0. The summed E-state index contributed by atoms with van der Waals surface area (Å²) in [5, 5.41) is 11.6. The molecule has 1 atom stereocenters. The number of hydrogen-bond donors (Lipinski definition) is 1. The van der Waals surface area contributed by atoms with Gasteiger partial charge in [0.05, 0.1) is 6.07 Å². The molecule has 94 valence electrons. The van der Waals surface area contributed by atoms with Crippen LogP contribution in [0.4, 0.5) is 5.69 Å². The highest BCUT2D eigenvalue weighted by Crippen LogP contribution is 2.36. The van der Waals surface area contributed by atoms with Crippen molar-refractivity contribution in [1.29, 1.82) is 5.26 Å². The maximum Gasteiger partial charge on any atom is 0.248 e. The first-order valence-corrected chi connectivity index (χ1v) is 6.15. The number of unbranched alkanes of at least 4 members (excludes halogenated alkanes) is 1. The van der Waals surface area contributed by atoms with Gasteiger partial charge in [0.2, 0.25) is 5.91 Å². The minimum absolute atomic E-state index is 0.0797. The molecule has 4 heteroatoms. The number of carbonyl (C=O) groups excluding carboxylic acids is 1. The molecule has 0 aliphatic carbocycles. The second-order valence-electron chi connectivity index (χ2n) is 4.54. The van der Waals surface area contributed by atoms with Gasteiger partial charge in [-0.2, -0.15) is 5.26 Å². The molecule has 18 heavy (non-hydrogen) atoms. The van der Waals surface area contributed by atoms with E-state index in [0.717, 1.165) is 16.8 Å². The first-order valence-electron chi connectivity index (χ1n) is 6.15. The molecule has 0 fully saturated rings. The summed E-state index contributed by atoms with van der Waals surface area (Å²) in [6.45, 7) is 2.64. The van der Waals surface area contributed by atoms with Crippen molar-refractivity contribution >= 4 is 11.6 Å². The zero-order chi connectivity index (χ0) is 13.1. The van der Waals surface area contributed by atoms with Gasteiger partial charge in [-0.05, 0) is 26.5 Å². The highest BCUT2D eigenvalue weighted by atomic mass is 16.2. The van der Waals surface area contributed by atoms with E-state index in [-0.39, 0.29) is 11.9 Å². The first kappa shape index (κ1) is 12.6. The molecule has 2 rings (SSSR count). The van der Waals surface area contributed by atoms with Gasteiger partial charge >= 0.3 is 0 Å². The lowest BCUT2D eigenvalue weighted by atomic mass is 10.1. The van der Waals surface area contributed by atoms with E-state index < -0.39 is 0 Å². The van der Waals surface area contributed by atoms with E-state index in [1.807, 2.05) is 19.1 Å². The van der Waals surface area contributed by atoms with Crippen molar-refractivity contribution < 1.29 is 4.79 Å². The van der Waals surface area contributed by atoms with Gasteiger partial charge in [-0.25, -0.2) is 0 Å². The van der Waals surface area contributed by atoms with Crippen LogP contribution >= 0.6 is 0 Å². The number of hydrogen-bond acceptors (Lipinski definition) is 3. The third kappa shape index (κ3) is 2.09. The topological polar surface area (TPSA) is 56.1 Å². The Labute approximate surface area is 107 Å². The number of rotatable bonds is 4. The Balaban J connectivity index is 2.29. The molecular formula is C14H17N3O. The normalized spacial score (nSPS) is 17.7. The molecule has 1 N–H and O–H groups in total. The maximum absolute atomic E-state index is 12.3. The van der Waals surface area contributed by atoms with E-state index in [9.17, 15) is 4.79 Å².